The van der Waals surface area contributed by atoms with Gasteiger partial charge in [-0.25, -0.2) is 0 Å². The van der Waals surface area contributed by atoms with Crippen molar-refractivity contribution in [3.63, 3.8) is 0 Å². The number of ether oxygens (including phenoxy) is 2. The van der Waals surface area contributed by atoms with Gasteiger partial charge in [-0.2, -0.15) is 0 Å². The molecule has 0 fully saturated rings. The third-order valence-corrected chi connectivity index (χ3v) is 5.17. The number of carbonyl (C=O) groups is 1. The van der Waals surface area contributed by atoms with Crippen LogP contribution in [0.5, 0.6) is 11.5 Å². The molecular weight excluding hydrogens is 419 g/mol. The van der Waals surface area contributed by atoms with E-state index in [1.807, 2.05) is 24.3 Å². The van der Waals surface area contributed by atoms with E-state index in [2.05, 4.69) is 0 Å². The first-order valence-corrected chi connectivity index (χ1v) is 9.54. The number of hydrogen-bond donors (Lipinski definition) is 0. The first kappa shape index (κ1) is 18.9. The summed E-state index contributed by atoms with van der Waals surface area (Å²) in [5.74, 6) is 1.04. The Labute approximate surface area is 177 Å². The van der Waals surface area contributed by atoms with Crippen molar-refractivity contribution in [3.05, 3.63) is 98.2 Å². The SMILES string of the molecule is O=C1C(=Cc2ccccc2Cl)Oc2cc(OCc3ccc(Cl)cc3Cl)ccc21. The highest BCUT2D eigenvalue weighted by Gasteiger charge is 2.28. The highest BCUT2D eigenvalue weighted by Crippen LogP contribution is 2.36. The first-order valence-electron chi connectivity index (χ1n) is 8.41. The van der Waals surface area contributed by atoms with Gasteiger partial charge in [0.1, 0.15) is 18.1 Å². The van der Waals surface area contributed by atoms with Crippen molar-refractivity contribution in [1.82, 2.24) is 0 Å². The lowest BCUT2D eigenvalue weighted by molar-refractivity contribution is 0.101. The number of hydrogen-bond acceptors (Lipinski definition) is 3. The van der Waals surface area contributed by atoms with Crippen molar-refractivity contribution in [2.24, 2.45) is 0 Å². The van der Waals surface area contributed by atoms with Crippen LogP contribution in [-0.4, -0.2) is 5.78 Å². The Balaban J connectivity index is 1.53. The van der Waals surface area contributed by atoms with Crippen LogP contribution < -0.4 is 9.47 Å². The van der Waals surface area contributed by atoms with Crippen LogP contribution in [0.2, 0.25) is 15.1 Å². The second-order valence-electron chi connectivity index (χ2n) is 6.14. The molecule has 1 aliphatic heterocycles. The van der Waals surface area contributed by atoms with E-state index in [1.54, 1.807) is 42.5 Å². The quantitative estimate of drug-likeness (QED) is 0.424. The standard InChI is InChI=1S/C22H13Cl3O3/c23-15-6-5-14(19(25)10-15)12-27-16-7-8-17-20(11-16)28-21(22(17)26)9-13-3-1-2-4-18(13)24/h1-11H,12H2. The average molecular weight is 432 g/mol. The number of Topliss-reactive ketones (excluding diaryl/α,β-unsaturated/α-hetero) is 1. The Morgan fingerprint density at radius 2 is 1.75 bits per heavy atom. The molecule has 0 radical (unpaired) electrons. The molecule has 0 amide bonds. The van der Waals surface area contributed by atoms with Crippen molar-refractivity contribution in [3.8, 4) is 11.5 Å². The molecule has 0 bridgehead atoms. The molecule has 0 unspecified atom stereocenters. The molecule has 0 N–H and O–H groups in total. The molecule has 0 atom stereocenters. The molecule has 0 saturated carbocycles. The highest BCUT2D eigenvalue weighted by molar-refractivity contribution is 6.35. The third-order valence-electron chi connectivity index (χ3n) is 4.24. The molecule has 0 saturated heterocycles. The first-order chi connectivity index (χ1) is 13.5. The number of carbonyl (C=O) groups excluding carboxylic acids is 1. The normalized spacial score (nSPS) is 14.1. The molecule has 28 heavy (non-hydrogen) atoms. The number of rotatable bonds is 4. The average Bonchev–Trinajstić information content (AvgIpc) is 2.98. The zero-order valence-electron chi connectivity index (χ0n) is 14.4. The minimum Gasteiger partial charge on any atom is -0.489 e. The monoisotopic (exact) mass is 430 g/mol. The predicted octanol–water partition coefficient (Wildman–Crippen LogP) is 6.84. The summed E-state index contributed by atoms with van der Waals surface area (Å²) in [6.45, 7) is 0.269. The van der Waals surface area contributed by atoms with E-state index in [1.165, 1.54) is 0 Å². The predicted molar refractivity (Wildman–Crippen MR) is 112 cm³/mol. The maximum absolute atomic E-state index is 12.6. The van der Waals surface area contributed by atoms with Crippen molar-refractivity contribution < 1.29 is 14.3 Å². The van der Waals surface area contributed by atoms with Gasteiger partial charge in [0.2, 0.25) is 5.78 Å². The van der Waals surface area contributed by atoms with Crippen LogP contribution in [-0.2, 0) is 6.61 Å². The lowest BCUT2D eigenvalue weighted by Crippen LogP contribution is -1.98. The van der Waals surface area contributed by atoms with Gasteiger partial charge in [-0.15, -0.1) is 0 Å². The molecule has 6 heteroatoms. The Morgan fingerprint density at radius 3 is 2.54 bits per heavy atom. The van der Waals surface area contributed by atoms with E-state index in [9.17, 15) is 4.79 Å². The van der Waals surface area contributed by atoms with Crippen LogP contribution in [0.25, 0.3) is 6.08 Å². The summed E-state index contributed by atoms with van der Waals surface area (Å²) in [4.78, 5) is 12.6. The molecule has 0 spiro atoms. The smallest absolute Gasteiger partial charge is 0.231 e. The van der Waals surface area contributed by atoms with Crippen LogP contribution in [0.4, 0.5) is 0 Å². The zero-order valence-corrected chi connectivity index (χ0v) is 16.7. The van der Waals surface area contributed by atoms with Crippen molar-refractivity contribution in [2.45, 2.75) is 6.61 Å². The lowest BCUT2D eigenvalue weighted by atomic mass is 10.1. The molecule has 4 rings (SSSR count). The van der Waals surface area contributed by atoms with Gasteiger partial charge >= 0.3 is 0 Å². The molecule has 3 nitrogen and oxygen atoms in total. The zero-order chi connectivity index (χ0) is 19.7. The molecule has 3 aromatic carbocycles. The minimum absolute atomic E-state index is 0.192. The summed E-state index contributed by atoms with van der Waals surface area (Å²) in [7, 11) is 0. The maximum atomic E-state index is 12.6. The fourth-order valence-corrected chi connectivity index (χ4v) is 3.44. The van der Waals surface area contributed by atoms with E-state index < -0.39 is 0 Å². The van der Waals surface area contributed by atoms with Crippen LogP contribution in [0, 0.1) is 0 Å². The topological polar surface area (TPSA) is 35.5 Å². The van der Waals surface area contributed by atoms with Gasteiger partial charge in [-0.05, 0) is 42.0 Å². The van der Waals surface area contributed by atoms with Gasteiger partial charge in [0.15, 0.2) is 5.76 Å². The molecule has 3 aromatic rings. The molecule has 0 aliphatic carbocycles. The number of fused-ring (bicyclic) bond motifs is 1. The molecule has 0 aromatic heterocycles. The fraction of sp³-hybridized carbons (Fsp3) is 0.0455. The second-order valence-corrected chi connectivity index (χ2v) is 7.39. The largest absolute Gasteiger partial charge is 0.489 e. The van der Waals surface area contributed by atoms with E-state index >= 15 is 0 Å². The summed E-state index contributed by atoms with van der Waals surface area (Å²) in [5, 5.41) is 1.65. The van der Waals surface area contributed by atoms with E-state index in [0.29, 0.717) is 37.7 Å². The molecule has 140 valence electrons. The summed E-state index contributed by atoms with van der Waals surface area (Å²) >= 11 is 18.2. The molecule has 1 heterocycles. The number of ketones is 1. The summed E-state index contributed by atoms with van der Waals surface area (Å²) in [5.41, 5.74) is 2.01. The second kappa shape index (κ2) is 7.88. The summed E-state index contributed by atoms with van der Waals surface area (Å²) in [6, 6.07) is 17.6. The van der Waals surface area contributed by atoms with Crippen LogP contribution in [0.1, 0.15) is 21.5 Å². The molecule has 1 aliphatic rings. The van der Waals surface area contributed by atoms with Gasteiger partial charge in [0.05, 0.1) is 5.56 Å². The Bertz CT molecular complexity index is 1110. The van der Waals surface area contributed by atoms with Crippen LogP contribution in [0.15, 0.2) is 66.4 Å². The third kappa shape index (κ3) is 3.88. The van der Waals surface area contributed by atoms with Gasteiger partial charge in [0, 0.05) is 26.7 Å². The lowest BCUT2D eigenvalue weighted by Gasteiger charge is -2.09. The maximum Gasteiger partial charge on any atom is 0.231 e. The van der Waals surface area contributed by atoms with Gasteiger partial charge in [-0.3, -0.25) is 4.79 Å². The van der Waals surface area contributed by atoms with Crippen molar-refractivity contribution >= 4 is 46.7 Å². The summed E-state index contributed by atoms with van der Waals surface area (Å²) < 4.78 is 11.5. The highest BCUT2D eigenvalue weighted by atomic mass is 35.5. The van der Waals surface area contributed by atoms with E-state index in [-0.39, 0.29) is 18.1 Å². The number of benzene rings is 3. The molecular formula is C22H13Cl3O3. The summed E-state index contributed by atoms with van der Waals surface area (Å²) in [6.07, 6.45) is 1.64. The van der Waals surface area contributed by atoms with Gasteiger partial charge < -0.3 is 9.47 Å². The fourth-order valence-electron chi connectivity index (χ4n) is 2.79. The van der Waals surface area contributed by atoms with Crippen molar-refractivity contribution in [1.29, 1.82) is 0 Å². The minimum atomic E-state index is -0.192. The Morgan fingerprint density at radius 1 is 0.929 bits per heavy atom. The Kier molecular flexibility index (Phi) is 5.31. The van der Waals surface area contributed by atoms with Crippen LogP contribution in [0.3, 0.4) is 0 Å². The van der Waals surface area contributed by atoms with Crippen LogP contribution >= 0.6 is 34.8 Å². The van der Waals surface area contributed by atoms with E-state index in [4.69, 9.17) is 44.3 Å². The van der Waals surface area contributed by atoms with Crippen molar-refractivity contribution in [2.75, 3.05) is 0 Å². The number of allylic oxidation sites excluding steroid dienone is 1. The number of halogens is 3. The van der Waals surface area contributed by atoms with Gasteiger partial charge in [0.25, 0.3) is 0 Å². The Hall–Kier alpha value is -2.46. The van der Waals surface area contributed by atoms with Gasteiger partial charge in [-0.1, -0.05) is 59.1 Å². The van der Waals surface area contributed by atoms with E-state index in [0.717, 1.165) is 5.56 Å².